The van der Waals surface area contributed by atoms with Gasteiger partial charge < -0.3 is 15.2 Å². The number of hydrogen-bond donors (Lipinski definition) is 2. The summed E-state index contributed by atoms with van der Waals surface area (Å²) in [5.41, 5.74) is 1.61. The van der Waals surface area contributed by atoms with Gasteiger partial charge in [0.1, 0.15) is 5.56 Å². The molecule has 2 aromatic rings. The predicted octanol–water partition coefficient (Wildman–Crippen LogP) is 2.47. The number of aliphatic hydroxyl groups excluding tert-OH is 1. The molecular formula is C14H15ClN2O3. The van der Waals surface area contributed by atoms with Crippen molar-refractivity contribution >= 4 is 34.2 Å². The van der Waals surface area contributed by atoms with Gasteiger partial charge in [0.15, 0.2) is 0 Å². The Kier molecular flexibility index (Phi) is 4.76. The first-order valence-electron chi connectivity index (χ1n) is 6.27. The van der Waals surface area contributed by atoms with Crippen LogP contribution in [0.2, 0.25) is 5.02 Å². The molecule has 0 spiro atoms. The SMILES string of the molecule is CCOC(=O)c1cnc2cc(Cl)ccc2c1NCCO. The van der Waals surface area contributed by atoms with E-state index in [-0.39, 0.29) is 13.2 Å². The number of nitrogens with one attached hydrogen (secondary N) is 1. The van der Waals surface area contributed by atoms with Crippen molar-refractivity contribution < 1.29 is 14.6 Å². The molecule has 0 atom stereocenters. The van der Waals surface area contributed by atoms with Gasteiger partial charge in [-0.3, -0.25) is 4.98 Å². The summed E-state index contributed by atoms with van der Waals surface area (Å²) < 4.78 is 5.01. The Labute approximate surface area is 121 Å². The Morgan fingerprint density at radius 1 is 1.50 bits per heavy atom. The summed E-state index contributed by atoms with van der Waals surface area (Å²) in [7, 11) is 0. The second-order valence-corrected chi connectivity index (χ2v) is 4.52. The van der Waals surface area contributed by atoms with Crippen molar-refractivity contribution in [2.75, 3.05) is 25.1 Å². The first-order valence-corrected chi connectivity index (χ1v) is 6.65. The van der Waals surface area contributed by atoms with Gasteiger partial charge in [0.2, 0.25) is 0 Å². The second-order valence-electron chi connectivity index (χ2n) is 4.08. The lowest BCUT2D eigenvalue weighted by Gasteiger charge is -2.13. The highest BCUT2D eigenvalue weighted by molar-refractivity contribution is 6.31. The van der Waals surface area contributed by atoms with Crippen molar-refractivity contribution in [3.63, 3.8) is 0 Å². The number of aliphatic hydroxyl groups is 1. The van der Waals surface area contributed by atoms with Crippen molar-refractivity contribution in [1.82, 2.24) is 4.98 Å². The summed E-state index contributed by atoms with van der Waals surface area (Å²) in [6, 6.07) is 5.23. The van der Waals surface area contributed by atoms with E-state index in [0.29, 0.717) is 28.3 Å². The molecule has 0 aliphatic rings. The third-order valence-electron chi connectivity index (χ3n) is 2.74. The van der Waals surface area contributed by atoms with Gasteiger partial charge in [-0.2, -0.15) is 0 Å². The smallest absolute Gasteiger partial charge is 0.341 e. The first-order chi connectivity index (χ1) is 9.67. The molecule has 5 nitrogen and oxygen atoms in total. The number of pyridine rings is 1. The van der Waals surface area contributed by atoms with E-state index in [1.54, 1.807) is 25.1 Å². The molecule has 0 saturated heterocycles. The fourth-order valence-corrected chi connectivity index (χ4v) is 2.07. The molecule has 2 rings (SSSR count). The number of rotatable bonds is 5. The summed E-state index contributed by atoms with van der Waals surface area (Å²) >= 11 is 5.94. The van der Waals surface area contributed by atoms with Crippen LogP contribution < -0.4 is 5.32 Å². The predicted molar refractivity (Wildman–Crippen MR) is 78.3 cm³/mol. The van der Waals surface area contributed by atoms with Gasteiger partial charge in [-0.25, -0.2) is 4.79 Å². The Hall–Kier alpha value is -1.85. The molecule has 0 aliphatic carbocycles. The number of anilines is 1. The maximum absolute atomic E-state index is 11.9. The highest BCUT2D eigenvalue weighted by Crippen LogP contribution is 2.28. The van der Waals surface area contributed by atoms with E-state index in [0.717, 1.165) is 5.39 Å². The number of hydrogen-bond acceptors (Lipinski definition) is 5. The number of esters is 1. The fraction of sp³-hybridized carbons (Fsp3) is 0.286. The minimum absolute atomic E-state index is 0.0420. The Balaban J connectivity index is 2.56. The van der Waals surface area contributed by atoms with E-state index in [2.05, 4.69) is 10.3 Å². The zero-order valence-electron chi connectivity index (χ0n) is 11.0. The quantitative estimate of drug-likeness (QED) is 0.829. The molecule has 0 unspecified atom stereocenters. The minimum Gasteiger partial charge on any atom is -0.462 e. The van der Waals surface area contributed by atoms with E-state index in [9.17, 15) is 4.79 Å². The van der Waals surface area contributed by atoms with Crippen LogP contribution in [0.3, 0.4) is 0 Å². The van der Waals surface area contributed by atoms with Gasteiger partial charge in [-0.15, -0.1) is 0 Å². The second kappa shape index (κ2) is 6.54. The molecule has 0 aliphatic heterocycles. The largest absolute Gasteiger partial charge is 0.462 e. The Bertz CT molecular complexity index is 631. The van der Waals surface area contributed by atoms with Gasteiger partial charge >= 0.3 is 5.97 Å². The van der Waals surface area contributed by atoms with Crippen LogP contribution in [0.15, 0.2) is 24.4 Å². The van der Waals surface area contributed by atoms with E-state index in [1.807, 2.05) is 0 Å². The van der Waals surface area contributed by atoms with Crippen LogP contribution in [0.5, 0.6) is 0 Å². The maximum Gasteiger partial charge on any atom is 0.341 e. The molecule has 1 aromatic heterocycles. The lowest BCUT2D eigenvalue weighted by Crippen LogP contribution is -2.13. The van der Waals surface area contributed by atoms with Gasteiger partial charge in [0, 0.05) is 23.2 Å². The van der Waals surface area contributed by atoms with Crippen molar-refractivity contribution in [3.05, 3.63) is 35.0 Å². The molecule has 1 aromatic carbocycles. The third-order valence-corrected chi connectivity index (χ3v) is 2.98. The third kappa shape index (κ3) is 3.00. The van der Waals surface area contributed by atoms with Crippen molar-refractivity contribution in [1.29, 1.82) is 0 Å². The van der Waals surface area contributed by atoms with Crippen LogP contribution in [0.4, 0.5) is 5.69 Å². The van der Waals surface area contributed by atoms with Gasteiger partial charge in [0.05, 0.1) is 24.4 Å². The monoisotopic (exact) mass is 294 g/mol. The van der Waals surface area contributed by atoms with Crippen LogP contribution in [0, 0.1) is 0 Å². The molecule has 6 heteroatoms. The molecular weight excluding hydrogens is 280 g/mol. The summed E-state index contributed by atoms with van der Waals surface area (Å²) in [4.78, 5) is 16.2. The molecule has 20 heavy (non-hydrogen) atoms. The van der Waals surface area contributed by atoms with Crippen LogP contribution in [-0.4, -0.2) is 35.8 Å². The molecule has 0 amide bonds. The number of fused-ring (bicyclic) bond motifs is 1. The average molecular weight is 295 g/mol. The van der Waals surface area contributed by atoms with Crippen LogP contribution in [0.1, 0.15) is 17.3 Å². The summed E-state index contributed by atoms with van der Waals surface area (Å²) in [5, 5.41) is 13.3. The molecule has 106 valence electrons. The lowest BCUT2D eigenvalue weighted by molar-refractivity contribution is 0.0527. The number of aromatic nitrogens is 1. The highest BCUT2D eigenvalue weighted by atomic mass is 35.5. The Morgan fingerprint density at radius 3 is 3.00 bits per heavy atom. The molecule has 1 heterocycles. The molecule has 0 fully saturated rings. The van der Waals surface area contributed by atoms with Crippen molar-refractivity contribution in [3.8, 4) is 0 Å². The number of carbonyl (C=O) groups excluding carboxylic acids is 1. The first kappa shape index (κ1) is 14.6. The van der Waals surface area contributed by atoms with Crippen LogP contribution in [0.25, 0.3) is 10.9 Å². The summed E-state index contributed by atoms with van der Waals surface area (Å²) in [5.74, 6) is -0.447. The number of carbonyl (C=O) groups is 1. The number of benzene rings is 1. The van der Waals surface area contributed by atoms with E-state index in [1.165, 1.54) is 6.20 Å². The number of ether oxygens (including phenoxy) is 1. The van der Waals surface area contributed by atoms with Gasteiger partial charge in [0.25, 0.3) is 0 Å². The van der Waals surface area contributed by atoms with Crippen LogP contribution >= 0.6 is 11.6 Å². The van der Waals surface area contributed by atoms with Gasteiger partial charge in [-0.05, 0) is 25.1 Å². The minimum atomic E-state index is -0.447. The number of nitrogens with zero attached hydrogens (tertiary/aromatic N) is 1. The van der Waals surface area contributed by atoms with E-state index in [4.69, 9.17) is 21.4 Å². The normalized spacial score (nSPS) is 10.6. The molecule has 0 radical (unpaired) electrons. The van der Waals surface area contributed by atoms with Gasteiger partial charge in [-0.1, -0.05) is 11.6 Å². The zero-order valence-corrected chi connectivity index (χ0v) is 11.8. The summed E-state index contributed by atoms with van der Waals surface area (Å²) in [6.07, 6.45) is 1.45. The van der Waals surface area contributed by atoms with Crippen molar-refractivity contribution in [2.45, 2.75) is 6.92 Å². The average Bonchev–Trinajstić information content (AvgIpc) is 2.44. The van der Waals surface area contributed by atoms with E-state index >= 15 is 0 Å². The Morgan fingerprint density at radius 2 is 2.30 bits per heavy atom. The fourth-order valence-electron chi connectivity index (χ4n) is 1.90. The highest BCUT2D eigenvalue weighted by Gasteiger charge is 2.16. The molecule has 0 saturated carbocycles. The maximum atomic E-state index is 11.9. The molecule has 0 bridgehead atoms. The van der Waals surface area contributed by atoms with E-state index < -0.39 is 5.97 Å². The standard InChI is InChI=1S/C14H15ClN2O3/c1-2-20-14(19)11-8-17-12-7-9(15)3-4-10(12)13(11)16-5-6-18/h3-4,7-8,18H,2,5-6H2,1H3,(H,16,17). The summed E-state index contributed by atoms with van der Waals surface area (Å²) in [6.45, 7) is 2.32. The zero-order chi connectivity index (χ0) is 14.5. The van der Waals surface area contributed by atoms with Crippen molar-refractivity contribution in [2.24, 2.45) is 0 Å². The lowest BCUT2D eigenvalue weighted by atomic mass is 10.1. The van der Waals surface area contributed by atoms with Crippen LogP contribution in [-0.2, 0) is 4.74 Å². The molecule has 2 N–H and O–H groups in total. The topological polar surface area (TPSA) is 71.5 Å². The number of halogens is 1.